The van der Waals surface area contributed by atoms with Crippen molar-refractivity contribution in [2.45, 2.75) is 19.9 Å². The van der Waals surface area contributed by atoms with Crippen LogP contribution in [0.3, 0.4) is 0 Å². The summed E-state index contributed by atoms with van der Waals surface area (Å²) in [6, 6.07) is 0. The van der Waals surface area contributed by atoms with Gasteiger partial charge in [0.2, 0.25) is 0 Å². The Balaban J connectivity index is 0. The second-order valence-electron chi connectivity index (χ2n) is 1.23. The van der Waals surface area contributed by atoms with E-state index in [1.165, 1.54) is 0 Å². The molecule has 0 bridgehead atoms. The van der Waals surface area contributed by atoms with Crippen LogP contribution in [-0.4, -0.2) is 13.9 Å². The summed E-state index contributed by atoms with van der Waals surface area (Å²) in [6.07, 6.45) is 0. The Bertz CT molecular complexity index is 179. The van der Waals surface area contributed by atoms with Crippen molar-refractivity contribution >= 4 is 9.84 Å². The molecule has 10 heavy (non-hydrogen) atoms. The Labute approximate surface area is 58.0 Å². The number of hydrogen-bond donors (Lipinski definition) is 0. The molecule has 0 saturated carbocycles. The van der Waals surface area contributed by atoms with Crippen molar-refractivity contribution in [1.29, 1.82) is 0 Å². The highest BCUT2D eigenvalue weighted by atomic mass is 32.2. The highest BCUT2D eigenvalue weighted by Crippen LogP contribution is 2.24. The van der Waals surface area contributed by atoms with E-state index in [-0.39, 0.29) is 13.2 Å². The van der Waals surface area contributed by atoms with Gasteiger partial charge in [0.25, 0.3) is 0 Å². The van der Waals surface area contributed by atoms with Crippen molar-refractivity contribution in [2.75, 3.05) is 0 Å². The second-order valence-corrected chi connectivity index (χ2v) is 3.25. The molecule has 0 aliphatic carbocycles. The highest BCUT2D eigenvalue weighted by Gasteiger charge is 2.37. The maximum atomic E-state index is 11.2. The maximum Gasteiger partial charge on any atom is 0.468 e. The van der Waals surface area contributed by atoms with Crippen LogP contribution in [0.15, 0.2) is 0 Å². The molecule has 6 heteroatoms. The van der Waals surface area contributed by atoms with Gasteiger partial charge in [-0.2, -0.15) is 20.1 Å². The van der Waals surface area contributed by atoms with Gasteiger partial charge in [-0.05, 0) is 0 Å². The predicted octanol–water partition coefficient (Wildman–Crippen LogP) is 1.74. The van der Waals surface area contributed by atoms with E-state index >= 15 is 0 Å². The molecule has 0 aliphatic rings. The van der Waals surface area contributed by atoms with Gasteiger partial charge in [-0.15, -0.1) is 0 Å². The van der Waals surface area contributed by atoms with Gasteiger partial charge in [-0.25, -0.2) is 5.75 Å². The number of hydrogen-bond acceptors (Lipinski definition) is 2. The molecule has 0 heterocycles. The third-order valence-electron chi connectivity index (χ3n) is 0.633. The van der Waals surface area contributed by atoms with Crippen molar-refractivity contribution < 1.29 is 21.6 Å². The zero-order valence-corrected chi connectivity index (χ0v) is 5.25. The van der Waals surface area contributed by atoms with Crippen LogP contribution in [0.5, 0.6) is 0 Å². The Kier molecular flexibility index (Phi) is 4.01. The van der Waals surface area contributed by atoms with E-state index in [0.29, 0.717) is 0 Å². The van der Waals surface area contributed by atoms with Crippen molar-refractivity contribution in [2.24, 2.45) is 0 Å². The summed E-state index contributed by atoms with van der Waals surface area (Å²) in [5, 5.41) is 0. The first-order valence-corrected chi connectivity index (χ1v) is 3.46. The Hall–Kier alpha value is -0.260. The third kappa shape index (κ3) is 2.55. The summed E-state index contributed by atoms with van der Waals surface area (Å²) in [4.78, 5) is 0. The quantitative estimate of drug-likeness (QED) is 0.571. The normalized spacial score (nSPS) is 12.4. The first-order chi connectivity index (χ1) is 3.81. The van der Waals surface area contributed by atoms with Gasteiger partial charge in [0.15, 0.2) is 0 Å². The molecule has 0 spiro atoms. The van der Waals surface area contributed by atoms with Crippen molar-refractivity contribution in [3.05, 3.63) is 5.75 Å². The molecule has 0 aliphatic heterocycles. The molecule has 0 rings (SSSR count). The number of halogens is 3. The molecular formula is C4H8F3O2S-. The van der Waals surface area contributed by atoms with E-state index in [1.807, 2.05) is 0 Å². The lowest BCUT2D eigenvalue weighted by molar-refractivity contribution is -0.0427. The van der Waals surface area contributed by atoms with Crippen LogP contribution in [0.25, 0.3) is 0 Å². The van der Waals surface area contributed by atoms with E-state index < -0.39 is 15.3 Å². The third-order valence-corrected chi connectivity index (χ3v) is 1.90. The largest absolute Gasteiger partial charge is 0.468 e. The van der Waals surface area contributed by atoms with Crippen molar-refractivity contribution in [1.82, 2.24) is 0 Å². The van der Waals surface area contributed by atoms with E-state index in [2.05, 4.69) is 0 Å². The van der Waals surface area contributed by atoms with Crippen LogP contribution >= 0.6 is 0 Å². The van der Waals surface area contributed by atoms with Crippen LogP contribution in [-0.2, 0) is 9.84 Å². The topological polar surface area (TPSA) is 34.1 Å². The molecule has 0 atom stereocenters. The average molecular weight is 177 g/mol. The fourth-order valence-electron chi connectivity index (χ4n) is 0.134. The first-order valence-electron chi connectivity index (χ1n) is 1.92. The van der Waals surface area contributed by atoms with Crippen LogP contribution in [0, 0.1) is 5.75 Å². The van der Waals surface area contributed by atoms with Gasteiger partial charge in [0.05, 0.1) is 0 Å². The van der Waals surface area contributed by atoms with E-state index in [1.54, 1.807) is 0 Å². The molecule has 0 unspecified atom stereocenters. The molecule has 0 aromatic rings. The van der Waals surface area contributed by atoms with Crippen molar-refractivity contribution in [3.8, 4) is 0 Å². The van der Waals surface area contributed by atoms with Gasteiger partial charge in [0.1, 0.15) is 9.84 Å². The molecule has 64 valence electrons. The maximum absolute atomic E-state index is 11.2. The minimum atomic E-state index is -5.14. The van der Waals surface area contributed by atoms with Crippen LogP contribution in [0.1, 0.15) is 14.4 Å². The van der Waals surface area contributed by atoms with Crippen LogP contribution < -0.4 is 0 Å². The molecule has 0 radical (unpaired) electrons. The molecule has 2 nitrogen and oxygen atoms in total. The minimum absolute atomic E-state index is 0. The second kappa shape index (κ2) is 3.23. The highest BCUT2D eigenvalue weighted by molar-refractivity contribution is 7.94. The molecule has 0 saturated heterocycles. The fourth-order valence-corrected chi connectivity index (χ4v) is 0.401. The summed E-state index contributed by atoms with van der Waals surface area (Å²) < 4.78 is 53.3. The Morgan fingerprint density at radius 1 is 1.30 bits per heavy atom. The lowest BCUT2D eigenvalue weighted by Crippen LogP contribution is -2.21. The van der Waals surface area contributed by atoms with Gasteiger partial charge in [0, 0.05) is 0 Å². The molecule has 0 fully saturated rings. The van der Waals surface area contributed by atoms with Gasteiger partial charge in [-0.3, -0.25) is 8.42 Å². The molecule has 0 amide bonds. The summed E-state index contributed by atoms with van der Waals surface area (Å²) in [5.74, 6) is 0.118. The molecule has 0 aromatic heterocycles. The first kappa shape index (κ1) is 12.4. The van der Waals surface area contributed by atoms with Crippen LogP contribution in [0.4, 0.5) is 13.2 Å². The molecular weight excluding hydrogens is 169 g/mol. The monoisotopic (exact) mass is 177 g/mol. The Morgan fingerprint density at radius 2 is 1.60 bits per heavy atom. The van der Waals surface area contributed by atoms with E-state index in [4.69, 9.17) is 0 Å². The number of sulfone groups is 1. The standard InChI is InChI=1S/C3H4F3O2S.CH4/c1-2-9(7,8)3(4,5)6;/h2H,1H3;1H4/q-1;. The summed E-state index contributed by atoms with van der Waals surface area (Å²) in [6.45, 7) is 0.822. The predicted molar refractivity (Wildman–Crippen MR) is 31.7 cm³/mol. The number of alkyl halides is 3. The summed E-state index contributed by atoms with van der Waals surface area (Å²) >= 11 is 0. The lowest BCUT2D eigenvalue weighted by atomic mass is 11.0. The average Bonchev–Trinajstić information content (AvgIpc) is 1.64. The fraction of sp³-hybridized carbons (Fsp3) is 0.750. The summed E-state index contributed by atoms with van der Waals surface area (Å²) in [7, 11) is -4.96. The lowest BCUT2D eigenvalue weighted by Gasteiger charge is -2.11. The SMILES string of the molecule is C.C[CH-]S(=O)(=O)C(F)(F)F. The van der Waals surface area contributed by atoms with Crippen LogP contribution in [0.2, 0.25) is 0 Å². The van der Waals surface area contributed by atoms with Gasteiger partial charge < -0.3 is 0 Å². The van der Waals surface area contributed by atoms with Crippen molar-refractivity contribution in [3.63, 3.8) is 0 Å². The molecule has 0 aromatic carbocycles. The molecule has 0 N–H and O–H groups in total. The smallest absolute Gasteiger partial charge is 0.254 e. The van der Waals surface area contributed by atoms with E-state index in [0.717, 1.165) is 6.92 Å². The van der Waals surface area contributed by atoms with E-state index in [9.17, 15) is 21.6 Å². The Morgan fingerprint density at radius 3 is 1.60 bits per heavy atom. The minimum Gasteiger partial charge on any atom is -0.254 e. The zero-order chi connectivity index (χ0) is 7.71. The summed E-state index contributed by atoms with van der Waals surface area (Å²) in [5.41, 5.74) is -5.14. The zero-order valence-electron chi connectivity index (χ0n) is 4.44. The van der Waals surface area contributed by atoms with Gasteiger partial charge in [-0.1, -0.05) is 7.43 Å². The van der Waals surface area contributed by atoms with Gasteiger partial charge >= 0.3 is 5.51 Å². The number of rotatable bonds is 1.